The summed E-state index contributed by atoms with van der Waals surface area (Å²) in [7, 11) is 1.47. The predicted octanol–water partition coefficient (Wildman–Crippen LogP) is 0.570. The van der Waals surface area contributed by atoms with Gasteiger partial charge >= 0.3 is 0 Å². The van der Waals surface area contributed by atoms with Gasteiger partial charge in [0.1, 0.15) is 12.4 Å². The molecule has 3 heteroatoms. The van der Waals surface area contributed by atoms with Crippen LogP contribution in [-0.4, -0.2) is 25.3 Å². The zero-order chi connectivity index (χ0) is 7.98. The van der Waals surface area contributed by atoms with Crippen molar-refractivity contribution >= 4 is 12.1 Å². The fourth-order valence-corrected chi connectivity index (χ4v) is 0.706. The minimum Gasteiger partial charge on any atom is -0.374 e. The van der Waals surface area contributed by atoms with E-state index in [9.17, 15) is 9.59 Å². The average Bonchev–Trinajstić information content (AvgIpc) is 1.89. The number of ether oxygens (including phenoxy) is 1. The number of hydrogen-bond acceptors (Lipinski definition) is 3. The van der Waals surface area contributed by atoms with Crippen molar-refractivity contribution in [2.75, 3.05) is 7.11 Å². The molecule has 0 aliphatic carbocycles. The van der Waals surface area contributed by atoms with Gasteiger partial charge in [-0.25, -0.2) is 0 Å². The van der Waals surface area contributed by atoms with Gasteiger partial charge in [-0.15, -0.1) is 0 Å². The molecule has 0 aromatic heterocycles. The van der Waals surface area contributed by atoms with Gasteiger partial charge in [0.2, 0.25) is 0 Å². The highest BCUT2D eigenvalue weighted by atomic mass is 16.5. The molecule has 0 N–H and O–H groups in total. The van der Waals surface area contributed by atoms with Gasteiger partial charge < -0.3 is 9.53 Å². The van der Waals surface area contributed by atoms with Crippen molar-refractivity contribution in [1.82, 2.24) is 0 Å². The van der Waals surface area contributed by atoms with Crippen molar-refractivity contribution in [3.63, 3.8) is 0 Å². The summed E-state index contributed by atoms with van der Waals surface area (Å²) in [4.78, 5) is 20.5. The summed E-state index contributed by atoms with van der Waals surface area (Å²) in [6, 6.07) is 0. The van der Waals surface area contributed by atoms with Gasteiger partial charge in [0.15, 0.2) is 5.78 Å². The number of ketones is 1. The summed E-state index contributed by atoms with van der Waals surface area (Å²) in [6.45, 7) is 1.46. The lowest BCUT2D eigenvalue weighted by molar-refractivity contribution is -0.127. The Morgan fingerprint density at radius 3 is 2.60 bits per heavy atom. The van der Waals surface area contributed by atoms with Crippen LogP contribution in [0.5, 0.6) is 0 Å². The second-order valence-electron chi connectivity index (χ2n) is 2.08. The molecule has 0 aromatic carbocycles. The summed E-state index contributed by atoms with van der Waals surface area (Å²) in [5.41, 5.74) is 0. The highest BCUT2D eigenvalue weighted by molar-refractivity contribution is 5.80. The minimum absolute atomic E-state index is 0.0237. The Bertz CT molecular complexity index is 120. The molecule has 0 aromatic rings. The number of hydrogen-bond donors (Lipinski definition) is 0. The zero-order valence-electron chi connectivity index (χ0n) is 6.29. The molecule has 58 valence electrons. The smallest absolute Gasteiger partial charge is 0.158 e. The SMILES string of the molecule is COC(CCC=O)C(C)=O. The molecule has 0 saturated heterocycles. The van der Waals surface area contributed by atoms with Crippen LogP contribution in [0.4, 0.5) is 0 Å². The quantitative estimate of drug-likeness (QED) is 0.530. The van der Waals surface area contributed by atoms with E-state index >= 15 is 0 Å². The Balaban J connectivity index is 3.60. The third-order valence-electron chi connectivity index (χ3n) is 1.28. The Hall–Kier alpha value is -0.700. The summed E-state index contributed by atoms with van der Waals surface area (Å²) in [5.74, 6) is -0.0237. The number of carbonyl (C=O) groups is 2. The van der Waals surface area contributed by atoms with Crippen LogP contribution in [-0.2, 0) is 14.3 Å². The lowest BCUT2D eigenvalue weighted by Crippen LogP contribution is -2.19. The molecule has 0 heterocycles. The third kappa shape index (κ3) is 3.35. The van der Waals surface area contributed by atoms with Gasteiger partial charge in [-0.2, -0.15) is 0 Å². The minimum atomic E-state index is -0.398. The Morgan fingerprint density at radius 1 is 1.70 bits per heavy atom. The Kier molecular flexibility index (Phi) is 4.76. The number of methoxy groups -OCH3 is 1. The molecule has 1 unspecified atom stereocenters. The second-order valence-corrected chi connectivity index (χ2v) is 2.08. The number of aldehydes is 1. The first-order valence-corrected chi connectivity index (χ1v) is 3.19. The van der Waals surface area contributed by atoms with Crippen molar-refractivity contribution in [2.24, 2.45) is 0 Å². The monoisotopic (exact) mass is 144 g/mol. The molecule has 1 atom stereocenters. The van der Waals surface area contributed by atoms with E-state index in [1.807, 2.05) is 0 Å². The maximum atomic E-state index is 10.6. The van der Waals surface area contributed by atoms with Crippen LogP contribution in [0, 0.1) is 0 Å². The Morgan fingerprint density at radius 2 is 2.30 bits per heavy atom. The van der Waals surface area contributed by atoms with Gasteiger partial charge in [-0.05, 0) is 13.3 Å². The summed E-state index contributed by atoms with van der Waals surface area (Å²) < 4.78 is 4.81. The van der Waals surface area contributed by atoms with Crippen molar-refractivity contribution in [2.45, 2.75) is 25.9 Å². The van der Waals surface area contributed by atoms with E-state index in [0.29, 0.717) is 12.8 Å². The molecular weight excluding hydrogens is 132 g/mol. The van der Waals surface area contributed by atoms with Crippen molar-refractivity contribution in [1.29, 1.82) is 0 Å². The number of rotatable bonds is 5. The maximum Gasteiger partial charge on any atom is 0.158 e. The van der Waals surface area contributed by atoms with Gasteiger partial charge in [-0.1, -0.05) is 0 Å². The standard InChI is InChI=1S/C7H12O3/c1-6(9)7(10-2)4-3-5-8/h5,7H,3-4H2,1-2H3. The van der Waals surface area contributed by atoms with Crippen LogP contribution in [0.1, 0.15) is 19.8 Å². The molecule has 0 fully saturated rings. The van der Waals surface area contributed by atoms with E-state index in [2.05, 4.69) is 0 Å². The molecule has 0 rings (SSSR count). The van der Waals surface area contributed by atoms with Crippen LogP contribution in [0.15, 0.2) is 0 Å². The molecule has 0 aliphatic heterocycles. The fourth-order valence-electron chi connectivity index (χ4n) is 0.706. The molecule has 0 saturated carbocycles. The predicted molar refractivity (Wildman–Crippen MR) is 36.8 cm³/mol. The molecule has 0 amide bonds. The maximum absolute atomic E-state index is 10.6. The molecule has 0 radical (unpaired) electrons. The molecule has 0 spiro atoms. The van der Waals surface area contributed by atoms with Crippen LogP contribution in [0.25, 0.3) is 0 Å². The lowest BCUT2D eigenvalue weighted by Gasteiger charge is -2.08. The van der Waals surface area contributed by atoms with E-state index in [4.69, 9.17) is 4.74 Å². The van der Waals surface area contributed by atoms with Crippen LogP contribution >= 0.6 is 0 Å². The zero-order valence-corrected chi connectivity index (χ0v) is 6.29. The van der Waals surface area contributed by atoms with Gasteiger partial charge in [0, 0.05) is 13.5 Å². The molecule has 0 aliphatic rings. The molecule has 10 heavy (non-hydrogen) atoms. The van der Waals surface area contributed by atoms with Crippen molar-refractivity contribution < 1.29 is 14.3 Å². The number of carbonyl (C=O) groups excluding carboxylic acids is 2. The molecule has 3 nitrogen and oxygen atoms in total. The first kappa shape index (κ1) is 9.30. The van der Waals surface area contributed by atoms with E-state index in [1.54, 1.807) is 0 Å². The number of Topliss-reactive ketones (excluding diaryl/α,β-unsaturated/α-hetero) is 1. The first-order chi connectivity index (χ1) is 4.72. The molecular formula is C7H12O3. The van der Waals surface area contributed by atoms with Crippen molar-refractivity contribution in [3.05, 3.63) is 0 Å². The van der Waals surface area contributed by atoms with Gasteiger partial charge in [0.25, 0.3) is 0 Å². The Labute approximate surface area is 60.4 Å². The van der Waals surface area contributed by atoms with Crippen LogP contribution in [0.3, 0.4) is 0 Å². The van der Waals surface area contributed by atoms with Crippen LogP contribution < -0.4 is 0 Å². The van der Waals surface area contributed by atoms with Gasteiger partial charge in [-0.3, -0.25) is 4.79 Å². The highest BCUT2D eigenvalue weighted by Crippen LogP contribution is 2.00. The van der Waals surface area contributed by atoms with E-state index < -0.39 is 6.10 Å². The average molecular weight is 144 g/mol. The molecule has 0 bridgehead atoms. The lowest BCUT2D eigenvalue weighted by atomic mass is 10.1. The highest BCUT2D eigenvalue weighted by Gasteiger charge is 2.10. The normalized spacial score (nSPS) is 12.6. The summed E-state index contributed by atoms with van der Waals surface area (Å²) in [5, 5.41) is 0. The van der Waals surface area contributed by atoms with E-state index in [1.165, 1.54) is 14.0 Å². The second kappa shape index (κ2) is 5.11. The third-order valence-corrected chi connectivity index (χ3v) is 1.28. The first-order valence-electron chi connectivity index (χ1n) is 3.19. The van der Waals surface area contributed by atoms with Crippen LogP contribution in [0.2, 0.25) is 0 Å². The fraction of sp³-hybridized carbons (Fsp3) is 0.714. The van der Waals surface area contributed by atoms with E-state index in [-0.39, 0.29) is 5.78 Å². The summed E-state index contributed by atoms with van der Waals surface area (Å²) >= 11 is 0. The van der Waals surface area contributed by atoms with E-state index in [0.717, 1.165) is 6.29 Å². The van der Waals surface area contributed by atoms with Crippen molar-refractivity contribution in [3.8, 4) is 0 Å². The largest absolute Gasteiger partial charge is 0.374 e. The topological polar surface area (TPSA) is 43.4 Å². The summed E-state index contributed by atoms with van der Waals surface area (Å²) in [6.07, 6.45) is 1.27. The van der Waals surface area contributed by atoms with Gasteiger partial charge in [0.05, 0.1) is 0 Å².